The highest BCUT2D eigenvalue weighted by Crippen LogP contribution is 2.32. The van der Waals surface area contributed by atoms with E-state index in [1.165, 1.54) is 0 Å². The number of hydrogen-bond acceptors (Lipinski definition) is 4. The normalized spacial score (nSPS) is 12.3. The molecule has 0 amide bonds. The van der Waals surface area contributed by atoms with Crippen LogP contribution in [0.3, 0.4) is 0 Å². The Bertz CT molecular complexity index is 398. The van der Waals surface area contributed by atoms with Gasteiger partial charge in [-0.25, -0.2) is 4.79 Å². The lowest BCUT2D eigenvalue weighted by molar-refractivity contribution is -0.138. The zero-order valence-corrected chi connectivity index (χ0v) is 8.06. The smallest absolute Gasteiger partial charge is 0.330 e. The molecule has 0 bridgehead atoms. The van der Waals surface area contributed by atoms with Gasteiger partial charge in [0.2, 0.25) is 6.79 Å². The molecule has 0 saturated heterocycles. The number of benzene rings is 1. The minimum absolute atomic E-state index is 0.210. The molecule has 0 fully saturated rings. The molecular formula is C11H10O4. The highest BCUT2D eigenvalue weighted by molar-refractivity contribution is 5.81. The molecule has 78 valence electrons. The third-order valence-electron chi connectivity index (χ3n) is 1.98. The van der Waals surface area contributed by atoms with E-state index in [1.54, 1.807) is 12.1 Å². The summed E-state index contributed by atoms with van der Waals surface area (Å²) in [5.74, 6) is 0.962. The van der Waals surface area contributed by atoms with E-state index < -0.39 is 5.97 Å². The highest BCUT2D eigenvalue weighted by atomic mass is 16.7. The molecular weight excluding hydrogens is 196 g/mol. The van der Waals surface area contributed by atoms with Crippen molar-refractivity contribution in [3.63, 3.8) is 0 Å². The Balaban J connectivity index is 2.04. The first-order valence-corrected chi connectivity index (χ1v) is 4.47. The largest absolute Gasteiger partial charge is 0.458 e. The number of carbonyl (C=O) groups excluding carboxylic acids is 1. The molecule has 0 atom stereocenters. The number of esters is 1. The summed E-state index contributed by atoms with van der Waals surface area (Å²) < 4.78 is 15.2. The van der Waals surface area contributed by atoms with E-state index in [4.69, 9.17) is 14.2 Å². The van der Waals surface area contributed by atoms with Crippen molar-refractivity contribution in [3.8, 4) is 11.5 Å². The average molecular weight is 206 g/mol. The average Bonchev–Trinajstić information content (AvgIpc) is 2.72. The predicted octanol–water partition coefficient (Wildman–Crippen LogP) is 1.64. The van der Waals surface area contributed by atoms with Crippen molar-refractivity contribution >= 4 is 5.97 Å². The Morgan fingerprint density at radius 3 is 3.07 bits per heavy atom. The van der Waals surface area contributed by atoms with Gasteiger partial charge in [-0.15, -0.1) is 0 Å². The number of carbonyl (C=O) groups is 1. The SMILES string of the molecule is C=CC(=O)OCc1ccc2c(c1)OCO2. The highest BCUT2D eigenvalue weighted by Gasteiger charge is 2.13. The number of hydrogen-bond donors (Lipinski definition) is 0. The van der Waals surface area contributed by atoms with Gasteiger partial charge in [0.05, 0.1) is 0 Å². The Hall–Kier alpha value is -1.97. The molecule has 2 rings (SSSR count). The molecule has 0 N–H and O–H groups in total. The standard InChI is InChI=1S/C11H10O4/c1-2-11(12)13-6-8-3-4-9-10(5-8)15-7-14-9/h2-5H,1,6-7H2. The summed E-state index contributed by atoms with van der Waals surface area (Å²) in [5, 5.41) is 0. The summed E-state index contributed by atoms with van der Waals surface area (Å²) in [7, 11) is 0. The lowest BCUT2D eigenvalue weighted by Gasteiger charge is -2.03. The quantitative estimate of drug-likeness (QED) is 0.557. The van der Waals surface area contributed by atoms with E-state index in [0.717, 1.165) is 11.6 Å². The molecule has 1 heterocycles. The summed E-state index contributed by atoms with van der Waals surface area (Å²) in [6.07, 6.45) is 1.13. The van der Waals surface area contributed by atoms with Crippen molar-refractivity contribution in [3.05, 3.63) is 36.4 Å². The number of rotatable bonds is 3. The summed E-state index contributed by atoms with van der Waals surface area (Å²) in [6, 6.07) is 5.40. The van der Waals surface area contributed by atoms with E-state index in [9.17, 15) is 4.79 Å². The van der Waals surface area contributed by atoms with Gasteiger partial charge in [-0.05, 0) is 17.7 Å². The maximum atomic E-state index is 10.8. The van der Waals surface area contributed by atoms with Gasteiger partial charge >= 0.3 is 5.97 Å². The van der Waals surface area contributed by atoms with Gasteiger partial charge in [-0.3, -0.25) is 0 Å². The molecule has 4 nitrogen and oxygen atoms in total. The van der Waals surface area contributed by atoms with E-state index in [1.807, 2.05) is 6.07 Å². The molecule has 1 aromatic rings. The number of ether oxygens (including phenoxy) is 3. The predicted molar refractivity (Wildman–Crippen MR) is 52.6 cm³/mol. The Labute approximate surface area is 87.1 Å². The van der Waals surface area contributed by atoms with E-state index in [0.29, 0.717) is 11.5 Å². The van der Waals surface area contributed by atoms with Crippen LogP contribution in [0.15, 0.2) is 30.9 Å². The van der Waals surface area contributed by atoms with Crippen LogP contribution in [0.5, 0.6) is 11.5 Å². The zero-order chi connectivity index (χ0) is 10.7. The molecule has 1 aliphatic rings. The van der Waals surface area contributed by atoms with Crippen LogP contribution in [0.4, 0.5) is 0 Å². The van der Waals surface area contributed by atoms with Crippen LogP contribution >= 0.6 is 0 Å². The Morgan fingerprint density at radius 2 is 2.27 bits per heavy atom. The van der Waals surface area contributed by atoms with Crippen molar-refractivity contribution in [1.82, 2.24) is 0 Å². The summed E-state index contributed by atoms with van der Waals surface area (Å²) in [6.45, 7) is 3.76. The first-order chi connectivity index (χ1) is 7.29. The number of fused-ring (bicyclic) bond motifs is 1. The molecule has 1 aromatic carbocycles. The van der Waals surface area contributed by atoms with Crippen LogP contribution < -0.4 is 9.47 Å². The third kappa shape index (κ3) is 2.10. The first kappa shape index (κ1) is 9.58. The Morgan fingerprint density at radius 1 is 1.47 bits per heavy atom. The van der Waals surface area contributed by atoms with E-state index in [-0.39, 0.29) is 13.4 Å². The molecule has 0 aliphatic carbocycles. The fraction of sp³-hybridized carbons (Fsp3) is 0.182. The first-order valence-electron chi connectivity index (χ1n) is 4.47. The van der Waals surface area contributed by atoms with Crippen molar-refractivity contribution in [2.24, 2.45) is 0 Å². The molecule has 15 heavy (non-hydrogen) atoms. The summed E-state index contributed by atoms with van der Waals surface area (Å²) >= 11 is 0. The second kappa shape index (κ2) is 4.04. The minimum Gasteiger partial charge on any atom is -0.458 e. The Kier molecular flexibility index (Phi) is 2.58. The summed E-state index contributed by atoms with van der Waals surface area (Å²) in [5.41, 5.74) is 0.856. The lowest BCUT2D eigenvalue weighted by Crippen LogP contribution is -1.99. The van der Waals surface area contributed by atoms with Crippen LogP contribution in [-0.2, 0) is 16.1 Å². The van der Waals surface area contributed by atoms with Crippen molar-refractivity contribution in [1.29, 1.82) is 0 Å². The molecule has 4 heteroatoms. The lowest BCUT2D eigenvalue weighted by atomic mass is 10.2. The maximum absolute atomic E-state index is 10.8. The van der Waals surface area contributed by atoms with E-state index in [2.05, 4.69) is 6.58 Å². The van der Waals surface area contributed by atoms with Crippen molar-refractivity contribution in [2.45, 2.75) is 6.61 Å². The zero-order valence-electron chi connectivity index (χ0n) is 8.06. The molecule has 1 aliphatic heterocycles. The molecule has 0 spiro atoms. The van der Waals surface area contributed by atoms with Gasteiger partial charge in [0.25, 0.3) is 0 Å². The maximum Gasteiger partial charge on any atom is 0.330 e. The summed E-state index contributed by atoms with van der Waals surface area (Å²) in [4.78, 5) is 10.8. The molecule has 0 unspecified atom stereocenters. The molecule has 0 aromatic heterocycles. The second-order valence-corrected chi connectivity index (χ2v) is 3.00. The molecule has 0 saturated carbocycles. The van der Waals surface area contributed by atoms with Gasteiger partial charge < -0.3 is 14.2 Å². The second-order valence-electron chi connectivity index (χ2n) is 3.00. The topological polar surface area (TPSA) is 44.8 Å². The van der Waals surface area contributed by atoms with Crippen LogP contribution in [-0.4, -0.2) is 12.8 Å². The van der Waals surface area contributed by atoms with Crippen LogP contribution in [0.1, 0.15) is 5.56 Å². The van der Waals surface area contributed by atoms with Gasteiger partial charge in [-0.1, -0.05) is 12.6 Å². The van der Waals surface area contributed by atoms with Crippen LogP contribution in [0.2, 0.25) is 0 Å². The van der Waals surface area contributed by atoms with Gasteiger partial charge in [0, 0.05) is 6.08 Å². The van der Waals surface area contributed by atoms with Crippen molar-refractivity contribution in [2.75, 3.05) is 6.79 Å². The minimum atomic E-state index is -0.437. The molecule has 0 radical (unpaired) electrons. The van der Waals surface area contributed by atoms with Gasteiger partial charge in [0.15, 0.2) is 11.5 Å². The monoisotopic (exact) mass is 206 g/mol. The van der Waals surface area contributed by atoms with Crippen molar-refractivity contribution < 1.29 is 19.0 Å². The van der Waals surface area contributed by atoms with Gasteiger partial charge in [-0.2, -0.15) is 0 Å². The van der Waals surface area contributed by atoms with Gasteiger partial charge in [0.1, 0.15) is 6.61 Å². The fourth-order valence-electron chi connectivity index (χ4n) is 1.24. The van der Waals surface area contributed by atoms with Crippen LogP contribution in [0.25, 0.3) is 0 Å². The fourth-order valence-corrected chi connectivity index (χ4v) is 1.24. The van der Waals surface area contributed by atoms with Crippen LogP contribution in [0, 0.1) is 0 Å². The van der Waals surface area contributed by atoms with E-state index >= 15 is 0 Å². The third-order valence-corrected chi connectivity index (χ3v) is 1.98.